The van der Waals surface area contributed by atoms with Crippen LogP contribution in [0, 0.1) is 0 Å². The summed E-state index contributed by atoms with van der Waals surface area (Å²) in [5.41, 5.74) is 0. The van der Waals surface area contributed by atoms with Crippen molar-refractivity contribution in [3.8, 4) is 5.75 Å². The number of hydrogen-bond donors (Lipinski definition) is 1. The minimum Gasteiger partial charge on any atom is -0.494 e. The number of sulfone groups is 1. The second-order valence-corrected chi connectivity index (χ2v) is 5.90. The normalized spacial score (nSPS) is 11.4. The van der Waals surface area contributed by atoms with Crippen LogP contribution in [0.2, 0.25) is 0 Å². The molecule has 0 bridgehead atoms. The maximum atomic E-state index is 11.3. The standard InChI is InChI=1S/C12H18O4S/c1-17(14,15)12-7-5-6-11(10-12)16-9-4-2-3-8-13/h5-7,10,13H,2-4,8-9H2,1H3. The molecule has 1 N–H and O–H groups in total. The van der Waals surface area contributed by atoms with Gasteiger partial charge < -0.3 is 9.84 Å². The monoisotopic (exact) mass is 258 g/mol. The number of unbranched alkanes of at least 4 members (excludes halogenated alkanes) is 2. The van der Waals surface area contributed by atoms with Gasteiger partial charge in [0.15, 0.2) is 9.84 Å². The van der Waals surface area contributed by atoms with Gasteiger partial charge >= 0.3 is 0 Å². The van der Waals surface area contributed by atoms with Gasteiger partial charge in [-0.2, -0.15) is 0 Å². The van der Waals surface area contributed by atoms with Crippen molar-refractivity contribution in [3.05, 3.63) is 24.3 Å². The smallest absolute Gasteiger partial charge is 0.175 e. The van der Waals surface area contributed by atoms with Crippen LogP contribution >= 0.6 is 0 Å². The first-order chi connectivity index (χ1) is 8.04. The third-order valence-corrected chi connectivity index (χ3v) is 3.42. The zero-order valence-corrected chi connectivity index (χ0v) is 10.7. The lowest BCUT2D eigenvalue weighted by Crippen LogP contribution is -2.00. The van der Waals surface area contributed by atoms with Crippen molar-refractivity contribution in [2.45, 2.75) is 24.2 Å². The minimum atomic E-state index is -3.18. The number of benzene rings is 1. The van der Waals surface area contributed by atoms with E-state index in [4.69, 9.17) is 9.84 Å². The van der Waals surface area contributed by atoms with Gasteiger partial charge in [0.2, 0.25) is 0 Å². The van der Waals surface area contributed by atoms with Crippen LogP contribution in [0.25, 0.3) is 0 Å². The first kappa shape index (κ1) is 14.0. The molecule has 4 nitrogen and oxygen atoms in total. The Morgan fingerprint density at radius 3 is 2.65 bits per heavy atom. The summed E-state index contributed by atoms with van der Waals surface area (Å²) < 4.78 is 28.1. The predicted octanol–water partition coefficient (Wildman–Crippen LogP) is 1.63. The highest BCUT2D eigenvalue weighted by atomic mass is 32.2. The van der Waals surface area contributed by atoms with Gasteiger partial charge in [0.05, 0.1) is 11.5 Å². The second kappa shape index (κ2) is 6.61. The number of aliphatic hydroxyl groups is 1. The molecule has 0 aliphatic heterocycles. The van der Waals surface area contributed by atoms with Crippen molar-refractivity contribution in [3.63, 3.8) is 0 Å². The Labute approximate surface area is 102 Å². The van der Waals surface area contributed by atoms with Gasteiger partial charge in [0.1, 0.15) is 5.75 Å². The summed E-state index contributed by atoms with van der Waals surface area (Å²) >= 11 is 0. The van der Waals surface area contributed by atoms with Gasteiger partial charge in [-0.15, -0.1) is 0 Å². The van der Waals surface area contributed by atoms with Crippen LogP contribution in [0.1, 0.15) is 19.3 Å². The van der Waals surface area contributed by atoms with E-state index in [2.05, 4.69) is 0 Å². The van der Waals surface area contributed by atoms with Crippen LogP contribution in [-0.2, 0) is 9.84 Å². The molecule has 0 spiro atoms. The highest BCUT2D eigenvalue weighted by molar-refractivity contribution is 7.90. The Kier molecular flexibility index (Phi) is 5.44. The second-order valence-electron chi connectivity index (χ2n) is 3.88. The summed E-state index contributed by atoms with van der Waals surface area (Å²) in [5.74, 6) is 0.567. The summed E-state index contributed by atoms with van der Waals surface area (Å²) in [6.07, 6.45) is 3.70. The predicted molar refractivity (Wildman–Crippen MR) is 66.0 cm³/mol. The molecule has 5 heteroatoms. The molecule has 0 saturated heterocycles. The highest BCUT2D eigenvalue weighted by Crippen LogP contribution is 2.17. The van der Waals surface area contributed by atoms with Crippen molar-refractivity contribution in [1.82, 2.24) is 0 Å². The Balaban J connectivity index is 2.49. The third kappa shape index (κ3) is 5.19. The van der Waals surface area contributed by atoms with Gasteiger partial charge in [-0.25, -0.2) is 8.42 Å². The molecule has 0 unspecified atom stereocenters. The Bertz CT molecular complexity index is 440. The molecule has 0 saturated carbocycles. The maximum Gasteiger partial charge on any atom is 0.175 e. The fraction of sp³-hybridized carbons (Fsp3) is 0.500. The molecule has 0 aliphatic carbocycles. The van der Waals surface area contributed by atoms with E-state index in [-0.39, 0.29) is 11.5 Å². The Morgan fingerprint density at radius 1 is 1.24 bits per heavy atom. The molecule has 0 aliphatic rings. The molecule has 0 fully saturated rings. The first-order valence-corrected chi connectivity index (χ1v) is 7.47. The third-order valence-electron chi connectivity index (χ3n) is 2.30. The van der Waals surface area contributed by atoms with E-state index in [1.807, 2.05) is 0 Å². The van der Waals surface area contributed by atoms with Crippen molar-refractivity contribution < 1.29 is 18.3 Å². The molecular formula is C12H18O4S. The van der Waals surface area contributed by atoms with E-state index in [0.29, 0.717) is 12.4 Å². The topological polar surface area (TPSA) is 63.6 Å². The van der Waals surface area contributed by atoms with Crippen LogP contribution in [0.3, 0.4) is 0 Å². The number of hydrogen-bond acceptors (Lipinski definition) is 4. The van der Waals surface area contributed by atoms with Crippen molar-refractivity contribution in [2.24, 2.45) is 0 Å². The van der Waals surface area contributed by atoms with Crippen molar-refractivity contribution >= 4 is 9.84 Å². The minimum absolute atomic E-state index is 0.198. The summed E-state index contributed by atoms with van der Waals surface area (Å²) in [4.78, 5) is 0.269. The van der Waals surface area contributed by atoms with E-state index in [0.717, 1.165) is 19.3 Å². The van der Waals surface area contributed by atoms with Gasteiger partial charge in [-0.1, -0.05) is 6.07 Å². The van der Waals surface area contributed by atoms with Gasteiger partial charge in [0, 0.05) is 12.9 Å². The van der Waals surface area contributed by atoms with Crippen LogP contribution in [-0.4, -0.2) is 33.0 Å². The van der Waals surface area contributed by atoms with Gasteiger partial charge in [0.25, 0.3) is 0 Å². The molecule has 96 valence electrons. The summed E-state index contributed by atoms with van der Waals surface area (Å²) in [7, 11) is -3.18. The van der Waals surface area contributed by atoms with Gasteiger partial charge in [-0.3, -0.25) is 0 Å². The van der Waals surface area contributed by atoms with Crippen LogP contribution in [0.5, 0.6) is 5.75 Å². The van der Waals surface area contributed by atoms with Crippen molar-refractivity contribution in [1.29, 1.82) is 0 Å². The molecule has 0 aromatic heterocycles. The van der Waals surface area contributed by atoms with Crippen molar-refractivity contribution in [2.75, 3.05) is 19.5 Å². The van der Waals surface area contributed by atoms with Crippen LogP contribution in [0.4, 0.5) is 0 Å². The van der Waals surface area contributed by atoms with Crippen LogP contribution < -0.4 is 4.74 Å². The molecule has 1 aromatic carbocycles. The van der Waals surface area contributed by atoms with E-state index in [1.54, 1.807) is 18.2 Å². The Morgan fingerprint density at radius 2 is 2.00 bits per heavy atom. The summed E-state index contributed by atoms with van der Waals surface area (Å²) in [6.45, 7) is 0.733. The fourth-order valence-electron chi connectivity index (χ4n) is 1.38. The summed E-state index contributed by atoms with van der Waals surface area (Å²) in [5, 5.41) is 8.60. The molecular weight excluding hydrogens is 240 g/mol. The number of aliphatic hydroxyl groups excluding tert-OH is 1. The van der Waals surface area contributed by atoms with E-state index >= 15 is 0 Å². The number of rotatable bonds is 7. The molecule has 0 heterocycles. The molecule has 0 atom stereocenters. The molecule has 17 heavy (non-hydrogen) atoms. The molecule has 1 rings (SSSR count). The SMILES string of the molecule is CS(=O)(=O)c1cccc(OCCCCCO)c1. The quantitative estimate of drug-likeness (QED) is 0.755. The maximum absolute atomic E-state index is 11.3. The fourth-order valence-corrected chi connectivity index (χ4v) is 2.03. The largest absolute Gasteiger partial charge is 0.494 e. The van der Waals surface area contributed by atoms with E-state index in [9.17, 15) is 8.42 Å². The molecule has 0 radical (unpaired) electrons. The lowest BCUT2D eigenvalue weighted by molar-refractivity contribution is 0.266. The first-order valence-electron chi connectivity index (χ1n) is 5.58. The zero-order valence-electron chi connectivity index (χ0n) is 9.93. The van der Waals surface area contributed by atoms with Crippen LogP contribution in [0.15, 0.2) is 29.2 Å². The van der Waals surface area contributed by atoms with E-state index < -0.39 is 9.84 Å². The Hall–Kier alpha value is -1.07. The molecule has 0 amide bonds. The highest BCUT2D eigenvalue weighted by Gasteiger charge is 2.07. The van der Waals surface area contributed by atoms with E-state index in [1.165, 1.54) is 12.3 Å². The number of ether oxygens (including phenoxy) is 1. The average molecular weight is 258 g/mol. The molecule has 1 aromatic rings. The zero-order chi connectivity index (χ0) is 12.7. The lowest BCUT2D eigenvalue weighted by Gasteiger charge is -2.07. The summed E-state index contributed by atoms with van der Waals surface area (Å²) in [6, 6.07) is 6.48. The average Bonchev–Trinajstić information content (AvgIpc) is 2.28. The lowest BCUT2D eigenvalue weighted by atomic mass is 10.2. The van der Waals surface area contributed by atoms with Gasteiger partial charge in [-0.05, 0) is 37.5 Å².